The van der Waals surface area contributed by atoms with E-state index in [1.807, 2.05) is 13.0 Å². The average Bonchev–Trinajstić information content (AvgIpc) is 2.55. The van der Waals surface area contributed by atoms with Gasteiger partial charge in [-0.15, -0.1) is 11.3 Å². The molecule has 1 aromatic heterocycles. The van der Waals surface area contributed by atoms with Crippen LogP contribution >= 0.6 is 11.3 Å². The molecule has 0 amide bonds. The molecular weight excluding hydrogens is 254 g/mol. The molecule has 1 aliphatic rings. The predicted molar refractivity (Wildman–Crippen MR) is 70.9 cm³/mol. The van der Waals surface area contributed by atoms with E-state index >= 15 is 0 Å². The van der Waals surface area contributed by atoms with E-state index in [-0.39, 0.29) is 6.04 Å². The summed E-state index contributed by atoms with van der Waals surface area (Å²) in [5, 5.41) is 0. The molecule has 0 aliphatic heterocycles. The summed E-state index contributed by atoms with van der Waals surface area (Å²) in [4.78, 5) is 1.03. The fourth-order valence-electron chi connectivity index (χ4n) is 2.23. The Labute approximate surface area is 107 Å². The molecule has 1 aromatic rings. The molecule has 0 unspecified atom stereocenters. The Morgan fingerprint density at radius 1 is 1.18 bits per heavy atom. The summed E-state index contributed by atoms with van der Waals surface area (Å²) in [6, 6.07) is 3.68. The molecule has 1 N–H and O–H groups in total. The summed E-state index contributed by atoms with van der Waals surface area (Å²) in [5.41, 5.74) is 0. The molecule has 0 spiro atoms. The Morgan fingerprint density at radius 3 is 2.35 bits per heavy atom. The topological polar surface area (TPSA) is 46.2 Å². The first-order valence-corrected chi connectivity index (χ1v) is 8.47. The van der Waals surface area contributed by atoms with Crippen molar-refractivity contribution < 1.29 is 8.42 Å². The van der Waals surface area contributed by atoms with E-state index < -0.39 is 10.0 Å². The van der Waals surface area contributed by atoms with E-state index in [4.69, 9.17) is 0 Å². The highest BCUT2D eigenvalue weighted by Crippen LogP contribution is 2.23. The first-order valence-electron chi connectivity index (χ1n) is 6.17. The monoisotopic (exact) mass is 273 g/mol. The Kier molecular flexibility index (Phi) is 4.22. The molecule has 1 heterocycles. The Hall–Kier alpha value is -0.390. The molecule has 0 aromatic carbocycles. The molecule has 0 saturated heterocycles. The second kappa shape index (κ2) is 5.50. The Morgan fingerprint density at radius 2 is 1.82 bits per heavy atom. The molecule has 2 rings (SSSR count). The maximum Gasteiger partial charge on any atom is 0.250 e. The molecular formula is C12H19NO2S2. The molecule has 0 atom stereocenters. The quantitative estimate of drug-likeness (QED) is 0.860. The minimum atomic E-state index is -3.29. The zero-order chi connectivity index (χ0) is 12.3. The number of nitrogens with one attached hydrogen (secondary N) is 1. The summed E-state index contributed by atoms with van der Waals surface area (Å²) in [7, 11) is -3.29. The molecule has 0 radical (unpaired) electrons. The molecule has 1 saturated carbocycles. The molecule has 5 heteroatoms. The van der Waals surface area contributed by atoms with Crippen LogP contribution in [0.15, 0.2) is 16.3 Å². The lowest BCUT2D eigenvalue weighted by molar-refractivity contribution is 0.511. The first kappa shape index (κ1) is 13.1. The van der Waals surface area contributed by atoms with Crippen LogP contribution in [0.4, 0.5) is 0 Å². The zero-order valence-electron chi connectivity index (χ0n) is 10.1. The summed E-state index contributed by atoms with van der Waals surface area (Å²) in [6.07, 6.45) is 6.69. The lowest BCUT2D eigenvalue weighted by atomic mass is 10.1. The number of sulfonamides is 1. The molecule has 1 fully saturated rings. The molecule has 17 heavy (non-hydrogen) atoms. The predicted octanol–water partition coefficient (Wildman–Crippen LogP) is 3.06. The lowest BCUT2D eigenvalue weighted by Crippen LogP contribution is -2.33. The minimum Gasteiger partial charge on any atom is -0.207 e. The largest absolute Gasteiger partial charge is 0.250 e. The van der Waals surface area contributed by atoms with Crippen LogP contribution in [-0.4, -0.2) is 14.5 Å². The van der Waals surface area contributed by atoms with Crippen molar-refractivity contribution >= 4 is 21.4 Å². The summed E-state index contributed by atoms with van der Waals surface area (Å²) < 4.78 is 27.5. The van der Waals surface area contributed by atoms with Gasteiger partial charge >= 0.3 is 0 Å². The lowest BCUT2D eigenvalue weighted by Gasteiger charge is -2.15. The number of aryl methyl sites for hydroxylation is 1. The van der Waals surface area contributed by atoms with Crippen LogP contribution in [0.25, 0.3) is 0 Å². The van der Waals surface area contributed by atoms with Crippen LogP contribution in [0, 0.1) is 6.92 Å². The minimum absolute atomic E-state index is 0.130. The van der Waals surface area contributed by atoms with Crippen LogP contribution in [0.1, 0.15) is 43.4 Å². The van der Waals surface area contributed by atoms with Crippen LogP contribution in [-0.2, 0) is 10.0 Å². The van der Waals surface area contributed by atoms with E-state index in [0.717, 1.165) is 30.6 Å². The third kappa shape index (κ3) is 3.53. The van der Waals surface area contributed by atoms with E-state index in [2.05, 4.69) is 4.72 Å². The number of thiophene rings is 1. The Balaban J connectivity index is 2.06. The fourth-order valence-corrected chi connectivity index (χ4v) is 4.84. The van der Waals surface area contributed by atoms with E-state index in [0.29, 0.717) is 4.21 Å². The molecule has 3 nitrogen and oxygen atoms in total. The highest BCUT2D eigenvalue weighted by Gasteiger charge is 2.22. The highest BCUT2D eigenvalue weighted by atomic mass is 32.2. The molecule has 0 bridgehead atoms. The standard InChI is InChI=1S/C12H19NO2S2/c1-10-8-9-12(16-10)17(14,15)13-11-6-4-2-3-5-7-11/h8-9,11,13H,2-7H2,1H3. The number of hydrogen-bond acceptors (Lipinski definition) is 3. The second-order valence-corrected chi connectivity index (χ2v) is 7.90. The van der Waals surface area contributed by atoms with Crippen LogP contribution in [0.2, 0.25) is 0 Å². The maximum absolute atomic E-state index is 12.1. The van der Waals surface area contributed by atoms with Crippen molar-refractivity contribution in [2.45, 2.75) is 55.7 Å². The van der Waals surface area contributed by atoms with Crippen molar-refractivity contribution in [2.24, 2.45) is 0 Å². The van der Waals surface area contributed by atoms with Gasteiger partial charge in [-0.1, -0.05) is 25.7 Å². The van der Waals surface area contributed by atoms with Gasteiger partial charge in [0.2, 0.25) is 10.0 Å². The number of hydrogen-bond donors (Lipinski definition) is 1. The Bertz CT molecular complexity index is 457. The average molecular weight is 273 g/mol. The third-order valence-electron chi connectivity index (χ3n) is 3.16. The summed E-state index contributed by atoms with van der Waals surface area (Å²) in [6.45, 7) is 1.93. The van der Waals surface area contributed by atoms with Gasteiger partial charge in [-0.05, 0) is 31.9 Å². The summed E-state index contributed by atoms with van der Waals surface area (Å²) in [5.74, 6) is 0. The van der Waals surface area contributed by atoms with Crippen LogP contribution < -0.4 is 4.72 Å². The van der Waals surface area contributed by atoms with Crippen molar-refractivity contribution in [3.63, 3.8) is 0 Å². The first-order chi connectivity index (χ1) is 8.08. The normalized spacial score (nSPS) is 19.1. The van der Waals surface area contributed by atoms with Crippen LogP contribution in [0.3, 0.4) is 0 Å². The van der Waals surface area contributed by atoms with Gasteiger partial charge < -0.3 is 0 Å². The van der Waals surface area contributed by atoms with E-state index in [1.54, 1.807) is 6.07 Å². The van der Waals surface area contributed by atoms with Crippen molar-refractivity contribution in [3.8, 4) is 0 Å². The maximum atomic E-state index is 12.1. The van der Waals surface area contributed by atoms with Crippen molar-refractivity contribution in [1.29, 1.82) is 0 Å². The SMILES string of the molecule is Cc1ccc(S(=O)(=O)NC2CCCCCC2)s1. The van der Waals surface area contributed by atoms with Gasteiger partial charge in [-0.25, -0.2) is 13.1 Å². The molecule has 96 valence electrons. The van der Waals surface area contributed by atoms with Crippen LogP contribution in [0.5, 0.6) is 0 Å². The van der Waals surface area contributed by atoms with Gasteiger partial charge in [-0.2, -0.15) is 0 Å². The van der Waals surface area contributed by atoms with Gasteiger partial charge in [-0.3, -0.25) is 0 Å². The van der Waals surface area contributed by atoms with Gasteiger partial charge in [0.05, 0.1) is 0 Å². The second-order valence-electron chi connectivity index (χ2n) is 4.67. The third-order valence-corrected chi connectivity index (χ3v) is 6.17. The van der Waals surface area contributed by atoms with E-state index in [1.165, 1.54) is 24.2 Å². The highest BCUT2D eigenvalue weighted by molar-refractivity contribution is 7.91. The van der Waals surface area contributed by atoms with Gasteiger partial charge in [0.1, 0.15) is 4.21 Å². The summed E-state index contributed by atoms with van der Waals surface area (Å²) >= 11 is 1.34. The van der Waals surface area contributed by atoms with Gasteiger partial charge in [0, 0.05) is 10.9 Å². The van der Waals surface area contributed by atoms with E-state index in [9.17, 15) is 8.42 Å². The zero-order valence-corrected chi connectivity index (χ0v) is 11.7. The van der Waals surface area contributed by atoms with Crippen molar-refractivity contribution in [2.75, 3.05) is 0 Å². The van der Waals surface area contributed by atoms with Crippen molar-refractivity contribution in [1.82, 2.24) is 4.72 Å². The smallest absolute Gasteiger partial charge is 0.207 e. The van der Waals surface area contributed by atoms with Gasteiger partial charge in [0.25, 0.3) is 0 Å². The molecule has 1 aliphatic carbocycles. The number of rotatable bonds is 3. The van der Waals surface area contributed by atoms with Gasteiger partial charge in [0.15, 0.2) is 0 Å². The fraction of sp³-hybridized carbons (Fsp3) is 0.667. The van der Waals surface area contributed by atoms with Crippen molar-refractivity contribution in [3.05, 3.63) is 17.0 Å².